The lowest BCUT2D eigenvalue weighted by molar-refractivity contribution is -0.0348. The minimum Gasteiger partial charge on any atom is -0.396 e. The zero-order valence-electron chi connectivity index (χ0n) is 6.51. The first-order valence-electron chi connectivity index (χ1n) is 3.98. The van der Waals surface area contributed by atoms with Gasteiger partial charge in [0.05, 0.1) is 12.7 Å². The van der Waals surface area contributed by atoms with E-state index in [2.05, 4.69) is 0 Å². The first kappa shape index (κ1) is 8.02. The van der Waals surface area contributed by atoms with Crippen LogP contribution in [0.25, 0.3) is 0 Å². The van der Waals surface area contributed by atoms with Gasteiger partial charge in [-0.05, 0) is 12.8 Å². The summed E-state index contributed by atoms with van der Waals surface area (Å²) in [4.78, 5) is 0. The monoisotopic (exact) mass is 144 g/mol. The van der Waals surface area contributed by atoms with Crippen LogP contribution >= 0.6 is 0 Å². The Morgan fingerprint density at radius 2 is 2.20 bits per heavy atom. The molecule has 0 bridgehead atoms. The van der Waals surface area contributed by atoms with Crippen LogP contribution in [0, 0.1) is 5.41 Å². The molecule has 1 aliphatic carbocycles. The molecule has 60 valence electrons. The molecule has 0 amide bonds. The molecule has 2 heteroatoms. The molecular formula is C8H16O2. The third-order valence-corrected chi connectivity index (χ3v) is 2.64. The Morgan fingerprint density at radius 1 is 1.50 bits per heavy atom. The van der Waals surface area contributed by atoms with E-state index < -0.39 is 0 Å². The minimum absolute atomic E-state index is 0.119. The van der Waals surface area contributed by atoms with Crippen molar-refractivity contribution in [3.8, 4) is 0 Å². The van der Waals surface area contributed by atoms with Crippen LogP contribution in [-0.4, -0.2) is 22.9 Å². The SMILES string of the molecule is C[C@]1(CO)CCCC[C@H]1O. The first-order chi connectivity index (χ1) is 4.69. The van der Waals surface area contributed by atoms with Gasteiger partial charge in [0.15, 0.2) is 0 Å². The van der Waals surface area contributed by atoms with Crippen molar-refractivity contribution >= 4 is 0 Å². The zero-order chi connectivity index (χ0) is 7.61. The summed E-state index contributed by atoms with van der Waals surface area (Å²) in [6, 6.07) is 0. The quantitative estimate of drug-likeness (QED) is 0.574. The molecule has 1 rings (SSSR count). The predicted octanol–water partition coefficient (Wildman–Crippen LogP) is 0.920. The van der Waals surface area contributed by atoms with Gasteiger partial charge in [0.1, 0.15) is 0 Å². The average molecular weight is 144 g/mol. The van der Waals surface area contributed by atoms with Crippen molar-refractivity contribution in [2.45, 2.75) is 38.7 Å². The highest BCUT2D eigenvalue weighted by atomic mass is 16.3. The van der Waals surface area contributed by atoms with Crippen molar-refractivity contribution < 1.29 is 10.2 Å². The second kappa shape index (κ2) is 2.89. The average Bonchev–Trinajstić information content (AvgIpc) is 1.96. The van der Waals surface area contributed by atoms with Crippen LogP contribution in [-0.2, 0) is 0 Å². The van der Waals surface area contributed by atoms with Gasteiger partial charge in [0, 0.05) is 5.41 Å². The van der Waals surface area contributed by atoms with Gasteiger partial charge in [0.2, 0.25) is 0 Å². The number of hydrogen-bond donors (Lipinski definition) is 2. The Balaban J connectivity index is 2.54. The van der Waals surface area contributed by atoms with E-state index in [1.807, 2.05) is 6.92 Å². The molecule has 0 saturated heterocycles. The van der Waals surface area contributed by atoms with Gasteiger partial charge in [-0.2, -0.15) is 0 Å². The topological polar surface area (TPSA) is 40.5 Å². The van der Waals surface area contributed by atoms with Crippen LogP contribution < -0.4 is 0 Å². The second-order valence-electron chi connectivity index (χ2n) is 3.57. The van der Waals surface area contributed by atoms with Crippen LogP contribution in [0.15, 0.2) is 0 Å². The molecule has 0 aromatic heterocycles. The third-order valence-electron chi connectivity index (χ3n) is 2.64. The number of aliphatic hydroxyl groups excluding tert-OH is 2. The fraction of sp³-hybridized carbons (Fsp3) is 1.00. The lowest BCUT2D eigenvalue weighted by Crippen LogP contribution is -2.38. The molecule has 0 aromatic rings. The molecule has 0 unspecified atom stereocenters. The van der Waals surface area contributed by atoms with Crippen LogP contribution in [0.5, 0.6) is 0 Å². The summed E-state index contributed by atoms with van der Waals surface area (Å²) < 4.78 is 0. The summed E-state index contributed by atoms with van der Waals surface area (Å²) in [5.74, 6) is 0. The highest BCUT2D eigenvalue weighted by Crippen LogP contribution is 2.35. The molecule has 2 nitrogen and oxygen atoms in total. The summed E-state index contributed by atoms with van der Waals surface area (Å²) in [6.07, 6.45) is 3.79. The molecule has 0 aliphatic heterocycles. The summed E-state index contributed by atoms with van der Waals surface area (Å²) in [7, 11) is 0. The summed E-state index contributed by atoms with van der Waals surface area (Å²) in [6.45, 7) is 2.07. The van der Waals surface area contributed by atoms with Gasteiger partial charge < -0.3 is 10.2 Å². The maximum Gasteiger partial charge on any atom is 0.0615 e. The number of aliphatic hydroxyl groups is 2. The Bertz CT molecular complexity index is 114. The predicted molar refractivity (Wildman–Crippen MR) is 39.7 cm³/mol. The molecule has 1 fully saturated rings. The standard InChI is InChI=1S/C8H16O2/c1-8(6-9)5-3-2-4-7(8)10/h7,9-10H,2-6H2,1H3/t7-,8-/m1/s1. The zero-order valence-corrected chi connectivity index (χ0v) is 6.51. The van der Waals surface area contributed by atoms with Crippen molar-refractivity contribution in [3.05, 3.63) is 0 Å². The van der Waals surface area contributed by atoms with Crippen molar-refractivity contribution in [1.29, 1.82) is 0 Å². The Morgan fingerprint density at radius 3 is 2.60 bits per heavy atom. The van der Waals surface area contributed by atoms with E-state index >= 15 is 0 Å². The molecule has 0 heterocycles. The highest BCUT2D eigenvalue weighted by Gasteiger charge is 2.34. The minimum atomic E-state index is -0.286. The first-order valence-corrected chi connectivity index (χ1v) is 3.98. The van der Waals surface area contributed by atoms with E-state index in [1.165, 1.54) is 0 Å². The highest BCUT2D eigenvalue weighted by molar-refractivity contribution is 4.85. The van der Waals surface area contributed by atoms with E-state index in [0.29, 0.717) is 0 Å². The van der Waals surface area contributed by atoms with E-state index in [-0.39, 0.29) is 18.1 Å². The van der Waals surface area contributed by atoms with Gasteiger partial charge in [-0.15, -0.1) is 0 Å². The van der Waals surface area contributed by atoms with E-state index in [0.717, 1.165) is 25.7 Å². The smallest absolute Gasteiger partial charge is 0.0615 e. The Labute approximate surface area is 61.9 Å². The molecule has 2 N–H and O–H groups in total. The van der Waals surface area contributed by atoms with E-state index in [9.17, 15) is 5.11 Å². The second-order valence-corrected chi connectivity index (χ2v) is 3.57. The Kier molecular flexibility index (Phi) is 2.32. The van der Waals surface area contributed by atoms with Gasteiger partial charge in [0.25, 0.3) is 0 Å². The summed E-state index contributed by atoms with van der Waals surface area (Å²) in [5, 5.41) is 18.4. The molecule has 2 atom stereocenters. The van der Waals surface area contributed by atoms with Crippen molar-refractivity contribution in [2.24, 2.45) is 5.41 Å². The fourth-order valence-electron chi connectivity index (χ4n) is 1.57. The molecule has 1 aliphatic rings. The van der Waals surface area contributed by atoms with Gasteiger partial charge in [-0.3, -0.25) is 0 Å². The number of rotatable bonds is 1. The van der Waals surface area contributed by atoms with Crippen LogP contribution in [0.3, 0.4) is 0 Å². The van der Waals surface area contributed by atoms with Crippen molar-refractivity contribution in [1.82, 2.24) is 0 Å². The molecule has 1 saturated carbocycles. The molecule has 0 radical (unpaired) electrons. The fourth-order valence-corrected chi connectivity index (χ4v) is 1.57. The Hall–Kier alpha value is -0.0800. The van der Waals surface area contributed by atoms with Crippen LogP contribution in [0.4, 0.5) is 0 Å². The van der Waals surface area contributed by atoms with Gasteiger partial charge >= 0.3 is 0 Å². The largest absolute Gasteiger partial charge is 0.396 e. The maximum atomic E-state index is 9.47. The summed E-state index contributed by atoms with van der Waals surface area (Å²) >= 11 is 0. The molecule has 0 spiro atoms. The van der Waals surface area contributed by atoms with E-state index in [1.54, 1.807) is 0 Å². The number of hydrogen-bond acceptors (Lipinski definition) is 2. The van der Waals surface area contributed by atoms with Crippen LogP contribution in [0.2, 0.25) is 0 Å². The van der Waals surface area contributed by atoms with Crippen molar-refractivity contribution in [3.63, 3.8) is 0 Å². The maximum absolute atomic E-state index is 9.47. The normalized spacial score (nSPS) is 41.7. The molecule has 0 aromatic carbocycles. The summed E-state index contributed by atoms with van der Waals surface area (Å²) in [5.41, 5.74) is -0.210. The van der Waals surface area contributed by atoms with E-state index in [4.69, 9.17) is 5.11 Å². The van der Waals surface area contributed by atoms with Crippen molar-refractivity contribution in [2.75, 3.05) is 6.61 Å². The van der Waals surface area contributed by atoms with Gasteiger partial charge in [-0.1, -0.05) is 19.8 Å². The lowest BCUT2D eigenvalue weighted by atomic mass is 9.74. The lowest BCUT2D eigenvalue weighted by Gasteiger charge is -2.36. The van der Waals surface area contributed by atoms with Crippen LogP contribution in [0.1, 0.15) is 32.6 Å². The molecule has 10 heavy (non-hydrogen) atoms. The van der Waals surface area contributed by atoms with Gasteiger partial charge in [-0.25, -0.2) is 0 Å². The third kappa shape index (κ3) is 1.32. The molecular weight excluding hydrogens is 128 g/mol.